The summed E-state index contributed by atoms with van der Waals surface area (Å²) in [6.45, 7) is 0. The second-order valence-corrected chi connectivity index (χ2v) is 4.64. The Hall–Kier alpha value is -1.67. The lowest BCUT2D eigenvalue weighted by molar-refractivity contribution is 0.289. The van der Waals surface area contributed by atoms with Crippen molar-refractivity contribution in [3.63, 3.8) is 0 Å². The molecule has 0 radical (unpaired) electrons. The van der Waals surface area contributed by atoms with Crippen molar-refractivity contribution in [3.05, 3.63) is 29.6 Å². The fraction of sp³-hybridized carbons (Fsp3) is 0.500. The maximum absolute atomic E-state index is 13.5. The van der Waals surface area contributed by atoms with Crippen molar-refractivity contribution in [2.24, 2.45) is 4.99 Å². The van der Waals surface area contributed by atoms with Gasteiger partial charge in [-0.3, -0.25) is 0 Å². The molecule has 0 atom stereocenters. The van der Waals surface area contributed by atoms with Crippen molar-refractivity contribution < 1.29 is 13.9 Å². The van der Waals surface area contributed by atoms with Gasteiger partial charge in [-0.05, 0) is 31.0 Å². The standard InChI is InChI=1S/C14H16FNO2/c1-18-13-6-5-11(15)9-12(13)14(16-10-17)7-3-2-4-8-14/h5-6,9H,2-4,7-8H2,1H3. The van der Waals surface area contributed by atoms with E-state index in [1.165, 1.54) is 19.2 Å². The zero-order chi connectivity index (χ0) is 13.0. The van der Waals surface area contributed by atoms with Crippen LogP contribution in [0.5, 0.6) is 5.75 Å². The highest BCUT2D eigenvalue weighted by Gasteiger charge is 2.36. The van der Waals surface area contributed by atoms with Crippen molar-refractivity contribution in [1.82, 2.24) is 0 Å². The number of benzene rings is 1. The zero-order valence-electron chi connectivity index (χ0n) is 10.4. The number of methoxy groups -OCH3 is 1. The van der Waals surface area contributed by atoms with Gasteiger partial charge in [0.05, 0.1) is 7.11 Å². The number of carbonyl (C=O) groups excluding carboxylic acids is 1. The molecule has 2 rings (SSSR count). The van der Waals surface area contributed by atoms with Crippen LogP contribution in [-0.4, -0.2) is 13.2 Å². The molecule has 1 fully saturated rings. The highest BCUT2D eigenvalue weighted by Crippen LogP contribution is 2.44. The molecule has 1 saturated carbocycles. The molecule has 0 spiro atoms. The molecule has 0 aliphatic heterocycles. The van der Waals surface area contributed by atoms with Crippen LogP contribution in [-0.2, 0) is 10.3 Å². The monoisotopic (exact) mass is 249 g/mol. The molecule has 4 heteroatoms. The second-order valence-electron chi connectivity index (χ2n) is 4.64. The third-order valence-corrected chi connectivity index (χ3v) is 3.60. The van der Waals surface area contributed by atoms with E-state index in [0.717, 1.165) is 32.1 Å². The van der Waals surface area contributed by atoms with Gasteiger partial charge in [0.15, 0.2) is 0 Å². The summed E-state index contributed by atoms with van der Waals surface area (Å²) >= 11 is 0. The zero-order valence-corrected chi connectivity index (χ0v) is 10.4. The minimum absolute atomic E-state index is 0.336. The van der Waals surface area contributed by atoms with E-state index in [1.807, 2.05) is 0 Å². The number of rotatable bonds is 3. The van der Waals surface area contributed by atoms with Crippen molar-refractivity contribution in [3.8, 4) is 5.75 Å². The number of ether oxygens (including phenoxy) is 1. The van der Waals surface area contributed by atoms with Gasteiger partial charge < -0.3 is 4.74 Å². The first kappa shape index (κ1) is 12.8. The molecule has 0 bridgehead atoms. The summed E-state index contributed by atoms with van der Waals surface area (Å²) in [7, 11) is 1.54. The summed E-state index contributed by atoms with van der Waals surface area (Å²) in [5.74, 6) is 0.245. The lowest BCUT2D eigenvalue weighted by Crippen LogP contribution is -2.27. The molecule has 1 aromatic rings. The quantitative estimate of drug-likeness (QED) is 0.608. The van der Waals surface area contributed by atoms with Gasteiger partial charge in [0.1, 0.15) is 17.1 Å². The molecule has 96 valence electrons. The number of aliphatic imine (C=N–C) groups is 1. The molecule has 0 N–H and O–H groups in total. The summed E-state index contributed by atoms with van der Waals surface area (Å²) in [4.78, 5) is 14.7. The molecule has 0 heterocycles. The van der Waals surface area contributed by atoms with Crippen LogP contribution in [0.4, 0.5) is 4.39 Å². The van der Waals surface area contributed by atoms with Crippen molar-refractivity contribution in [2.45, 2.75) is 37.6 Å². The van der Waals surface area contributed by atoms with Gasteiger partial charge in [0.2, 0.25) is 6.08 Å². The largest absolute Gasteiger partial charge is 0.496 e. The lowest BCUT2D eigenvalue weighted by atomic mass is 9.76. The van der Waals surface area contributed by atoms with E-state index >= 15 is 0 Å². The predicted molar refractivity (Wildman–Crippen MR) is 65.8 cm³/mol. The molecule has 1 aliphatic carbocycles. The predicted octanol–water partition coefficient (Wildman–Crippen LogP) is 3.33. The van der Waals surface area contributed by atoms with Crippen LogP contribution in [0.15, 0.2) is 23.2 Å². The van der Waals surface area contributed by atoms with Crippen LogP contribution in [0, 0.1) is 5.82 Å². The first-order chi connectivity index (χ1) is 8.72. The Morgan fingerprint density at radius 2 is 2.06 bits per heavy atom. The first-order valence-corrected chi connectivity index (χ1v) is 6.15. The minimum atomic E-state index is -0.659. The maximum atomic E-state index is 13.5. The van der Waals surface area contributed by atoms with Gasteiger partial charge >= 0.3 is 0 Å². The van der Waals surface area contributed by atoms with E-state index in [4.69, 9.17) is 4.74 Å². The molecule has 1 aromatic carbocycles. The number of hydrogen-bond acceptors (Lipinski definition) is 3. The molecule has 0 aromatic heterocycles. The molecule has 0 unspecified atom stereocenters. The highest BCUT2D eigenvalue weighted by molar-refractivity contribution is 5.44. The average molecular weight is 249 g/mol. The van der Waals surface area contributed by atoms with Gasteiger partial charge in [-0.1, -0.05) is 19.3 Å². The molecular formula is C14H16FNO2. The van der Waals surface area contributed by atoms with Crippen LogP contribution in [0.1, 0.15) is 37.7 Å². The lowest BCUT2D eigenvalue weighted by Gasteiger charge is -2.33. The Labute approximate surface area is 106 Å². The van der Waals surface area contributed by atoms with E-state index in [9.17, 15) is 9.18 Å². The fourth-order valence-electron chi connectivity index (χ4n) is 2.71. The van der Waals surface area contributed by atoms with Gasteiger partial charge in [-0.2, -0.15) is 4.99 Å². The number of isocyanates is 1. The van der Waals surface area contributed by atoms with Crippen LogP contribution in [0.25, 0.3) is 0 Å². The van der Waals surface area contributed by atoms with Crippen LogP contribution in [0.2, 0.25) is 0 Å². The molecule has 18 heavy (non-hydrogen) atoms. The average Bonchev–Trinajstić information content (AvgIpc) is 2.40. The van der Waals surface area contributed by atoms with E-state index in [2.05, 4.69) is 4.99 Å². The topological polar surface area (TPSA) is 38.7 Å². The maximum Gasteiger partial charge on any atom is 0.235 e. The second kappa shape index (κ2) is 5.32. The Morgan fingerprint density at radius 1 is 1.33 bits per heavy atom. The van der Waals surface area contributed by atoms with Gasteiger partial charge in [0, 0.05) is 5.56 Å². The number of hydrogen-bond donors (Lipinski definition) is 0. The number of halogens is 1. The third kappa shape index (κ3) is 2.29. The van der Waals surface area contributed by atoms with E-state index in [1.54, 1.807) is 12.1 Å². The van der Waals surface area contributed by atoms with Gasteiger partial charge in [-0.15, -0.1) is 0 Å². The fourth-order valence-corrected chi connectivity index (χ4v) is 2.71. The third-order valence-electron chi connectivity index (χ3n) is 3.60. The van der Waals surface area contributed by atoms with Gasteiger partial charge in [0.25, 0.3) is 0 Å². The minimum Gasteiger partial charge on any atom is -0.496 e. The molecule has 3 nitrogen and oxygen atoms in total. The normalized spacial score (nSPS) is 17.9. The molecular weight excluding hydrogens is 233 g/mol. The van der Waals surface area contributed by atoms with Crippen molar-refractivity contribution in [1.29, 1.82) is 0 Å². The van der Waals surface area contributed by atoms with E-state index < -0.39 is 5.54 Å². The summed E-state index contributed by atoms with van der Waals surface area (Å²) in [6.07, 6.45) is 6.19. The Kier molecular flexibility index (Phi) is 3.78. The molecule has 1 aliphatic rings. The van der Waals surface area contributed by atoms with Crippen molar-refractivity contribution in [2.75, 3.05) is 7.11 Å². The SMILES string of the molecule is COc1ccc(F)cc1C1(N=C=O)CCCCC1. The van der Waals surface area contributed by atoms with Crippen LogP contribution < -0.4 is 4.74 Å². The highest BCUT2D eigenvalue weighted by atomic mass is 19.1. The van der Waals surface area contributed by atoms with E-state index in [0.29, 0.717) is 11.3 Å². The molecule has 0 amide bonds. The Balaban J connectivity index is 2.53. The van der Waals surface area contributed by atoms with Crippen molar-refractivity contribution >= 4 is 6.08 Å². The summed E-state index contributed by atoms with van der Waals surface area (Å²) in [6, 6.07) is 4.36. The van der Waals surface area contributed by atoms with Crippen LogP contribution >= 0.6 is 0 Å². The Morgan fingerprint density at radius 3 is 2.67 bits per heavy atom. The summed E-state index contributed by atoms with van der Waals surface area (Å²) < 4.78 is 18.7. The summed E-state index contributed by atoms with van der Waals surface area (Å²) in [5.41, 5.74) is 0.000949. The van der Waals surface area contributed by atoms with E-state index in [-0.39, 0.29) is 5.82 Å². The Bertz CT molecular complexity index is 475. The smallest absolute Gasteiger partial charge is 0.235 e. The first-order valence-electron chi connectivity index (χ1n) is 6.15. The van der Waals surface area contributed by atoms with Gasteiger partial charge in [-0.25, -0.2) is 9.18 Å². The van der Waals surface area contributed by atoms with Crippen LogP contribution in [0.3, 0.4) is 0 Å². The summed E-state index contributed by atoms with van der Waals surface area (Å²) in [5, 5.41) is 0. The number of nitrogens with zero attached hydrogens (tertiary/aromatic N) is 1. The molecule has 0 saturated heterocycles.